The summed E-state index contributed by atoms with van der Waals surface area (Å²) in [6, 6.07) is 18.4. The molecule has 0 heterocycles. The van der Waals surface area contributed by atoms with E-state index in [9.17, 15) is 9.59 Å². The Morgan fingerprint density at radius 1 is 1.08 bits per heavy atom. The molecule has 5 nitrogen and oxygen atoms in total. The first-order valence-electron chi connectivity index (χ1n) is 8.51. The van der Waals surface area contributed by atoms with E-state index in [-0.39, 0.29) is 19.1 Å². The quantitative estimate of drug-likeness (QED) is 0.685. The van der Waals surface area contributed by atoms with E-state index in [4.69, 9.17) is 10.5 Å². The minimum atomic E-state index is -0.696. The molecule has 0 spiro atoms. The molecule has 0 bridgehead atoms. The normalized spacial score (nSPS) is 11.6. The third kappa shape index (κ3) is 6.20. The lowest BCUT2D eigenvalue weighted by Gasteiger charge is -2.25. The molecular formula is C20H24N2O3S. The smallest absolute Gasteiger partial charge is 0.326 e. The maximum absolute atomic E-state index is 12.8. The number of nitrogens with zero attached hydrogens (tertiary/aromatic N) is 1. The summed E-state index contributed by atoms with van der Waals surface area (Å²) in [5.41, 5.74) is 7.92. The molecule has 138 valence electrons. The van der Waals surface area contributed by atoms with Crippen molar-refractivity contribution < 1.29 is 14.3 Å². The van der Waals surface area contributed by atoms with Crippen LogP contribution in [-0.4, -0.2) is 36.8 Å². The third-order valence-electron chi connectivity index (χ3n) is 3.65. The standard InChI is InChI=1S/C20H24N2O3S/c1-2-25-19(23)13-22(17-11-7-4-8-12-17)20(24)18(21)15-26-14-16-9-5-3-6-10-16/h3-12,18H,2,13-15,21H2,1H3/t18-/m0/s1. The van der Waals surface area contributed by atoms with E-state index in [1.807, 2.05) is 48.5 Å². The van der Waals surface area contributed by atoms with Gasteiger partial charge in [0.2, 0.25) is 5.91 Å². The van der Waals surface area contributed by atoms with Gasteiger partial charge in [0.1, 0.15) is 6.54 Å². The predicted molar refractivity (Wildman–Crippen MR) is 106 cm³/mol. The van der Waals surface area contributed by atoms with Crippen molar-refractivity contribution >= 4 is 29.3 Å². The number of ether oxygens (including phenoxy) is 1. The largest absolute Gasteiger partial charge is 0.465 e. The molecule has 2 rings (SSSR count). The van der Waals surface area contributed by atoms with Gasteiger partial charge in [-0.15, -0.1) is 0 Å². The number of hydrogen-bond donors (Lipinski definition) is 1. The molecule has 0 saturated carbocycles. The van der Waals surface area contributed by atoms with Crippen molar-refractivity contribution in [3.8, 4) is 0 Å². The fourth-order valence-electron chi connectivity index (χ4n) is 2.39. The molecule has 2 N–H and O–H groups in total. The van der Waals surface area contributed by atoms with Gasteiger partial charge < -0.3 is 10.5 Å². The number of esters is 1. The summed E-state index contributed by atoms with van der Waals surface area (Å²) in [7, 11) is 0. The summed E-state index contributed by atoms with van der Waals surface area (Å²) < 4.78 is 4.98. The van der Waals surface area contributed by atoms with E-state index in [1.165, 1.54) is 10.5 Å². The van der Waals surface area contributed by atoms with Crippen molar-refractivity contribution in [1.29, 1.82) is 0 Å². The zero-order chi connectivity index (χ0) is 18.8. The van der Waals surface area contributed by atoms with Crippen molar-refractivity contribution in [2.24, 2.45) is 5.73 Å². The lowest BCUT2D eigenvalue weighted by molar-refractivity contribution is -0.142. The van der Waals surface area contributed by atoms with E-state index in [1.54, 1.807) is 30.8 Å². The topological polar surface area (TPSA) is 72.6 Å². The van der Waals surface area contributed by atoms with Crippen LogP contribution in [-0.2, 0) is 20.1 Å². The number of hydrogen-bond acceptors (Lipinski definition) is 5. The molecule has 0 aliphatic rings. The highest BCUT2D eigenvalue weighted by Crippen LogP contribution is 2.17. The first-order chi connectivity index (χ1) is 12.6. The number of nitrogens with two attached hydrogens (primary N) is 1. The fraction of sp³-hybridized carbons (Fsp3) is 0.300. The molecule has 0 radical (unpaired) electrons. The molecule has 0 aliphatic carbocycles. The van der Waals surface area contributed by atoms with Crippen molar-refractivity contribution in [3.63, 3.8) is 0 Å². The van der Waals surface area contributed by atoms with E-state index in [2.05, 4.69) is 0 Å². The SMILES string of the molecule is CCOC(=O)CN(C(=O)[C@@H](N)CSCc1ccccc1)c1ccccc1. The number of carbonyl (C=O) groups is 2. The Morgan fingerprint density at radius 3 is 2.31 bits per heavy atom. The highest BCUT2D eigenvalue weighted by atomic mass is 32.2. The van der Waals surface area contributed by atoms with Gasteiger partial charge in [-0.25, -0.2) is 0 Å². The van der Waals surface area contributed by atoms with Gasteiger partial charge in [-0.1, -0.05) is 48.5 Å². The molecule has 1 atom stereocenters. The van der Waals surface area contributed by atoms with Crippen LogP contribution in [0.15, 0.2) is 60.7 Å². The Balaban J connectivity index is 1.98. The lowest BCUT2D eigenvalue weighted by atomic mass is 10.2. The van der Waals surface area contributed by atoms with Gasteiger partial charge in [0, 0.05) is 17.2 Å². The van der Waals surface area contributed by atoms with Gasteiger partial charge >= 0.3 is 5.97 Å². The number of carbonyl (C=O) groups excluding carboxylic acids is 2. The maximum atomic E-state index is 12.8. The highest BCUT2D eigenvalue weighted by Gasteiger charge is 2.25. The molecule has 6 heteroatoms. The second-order valence-corrected chi connectivity index (χ2v) is 6.70. The minimum absolute atomic E-state index is 0.145. The summed E-state index contributed by atoms with van der Waals surface area (Å²) in [6.07, 6.45) is 0. The van der Waals surface area contributed by atoms with Crippen molar-refractivity contribution in [3.05, 3.63) is 66.2 Å². The average Bonchev–Trinajstić information content (AvgIpc) is 2.67. The Hall–Kier alpha value is -2.31. The van der Waals surface area contributed by atoms with Gasteiger partial charge in [-0.2, -0.15) is 11.8 Å². The van der Waals surface area contributed by atoms with Gasteiger partial charge in [0.15, 0.2) is 0 Å². The average molecular weight is 372 g/mol. The van der Waals surface area contributed by atoms with E-state index in [0.29, 0.717) is 11.4 Å². The molecular weight excluding hydrogens is 348 g/mol. The van der Waals surface area contributed by atoms with Crippen molar-refractivity contribution in [1.82, 2.24) is 0 Å². The van der Waals surface area contributed by atoms with Crippen molar-refractivity contribution in [2.45, 2.75) is 18.7 Å². The number of rotatable bonds is 9. The molecule has 0 aromatic heterocycles. The molecule has 1 amide bonds. The zero-order valence-electron chi connectivity index (χ0n) is 14.8. The van der Waals surface area contributed by atoms with E-state index < -0.39 is 12.0 Å². The molecule has 0 aliphatic heterocycles. The first kappa shape index (κ1) is 20.0. The summed E-state index contributed by atoms with van der Waals surface area (Å²) >= 11 is 1.60. The Morgan fingerprint density at radius 2 is 1.69 bits per heavy atom. The van der Waals surface area contributed by atoms with Gasteiger partial charge in [0.25, 0.3) is 0 Å². The van der Waals surface area contributed by atoms with Crippen LogP contribution in [0.5, 0.6) is 0 Å². The monoisotopic (exact) mass is 372 g/mol. The molecule has 2 aromatic rings. The predicted octanol–water partition coefficient (Wildman–Crippen LogP) is 2.84. The van der Waals surface area contributed by atoms with Crippen LogP contribution in [0.3, 0.4) is 0 Å². The first-order valence-corrected chi connectivity index (χ1v) is 9.66. The number of para-hydroxylation sites is 1. The number of benzene rings is 2. The van der Waals surface area contributed by atoms with Crippen LogP contribution in [0.25, 0.3) is 0 Å². The Labute approximate surface area is 158 Å². The van der Waals surface area contributed by atoms with E-state index in [0.717, 1.165) is 5.75 Å². The Bertz CT molecular complexity index is 695. The second kappa shape index (κ2) is 10.6. The van der Waals surface area contributed by atoms with Crippen LogP contribution in [0.4, 0.5) is 5.69 Å². The molecule has 26 heavy (non-hydrogen) atoms. The number of anilines is 1. The highest BCUT2D eigenvalue weighted by molar-refractivity contribution is 7.98. The van der Waals surface area contributed by atoms with Crippen LogP contribution in [0.1, 0.15) is 12.5 Å². The van der Waals surface area contributed by atoms with Gasteiger partial charge in [-0.3, -0.25) is 14.5 Å². The van der Waals surface area contributed by atoms with Crippen LogP contribution in [0, 0.1) is 0 Å². The molecule has 2 aromatic carbocycles. The van der Waals surface area contributed by atoms with Gasteiger partial charge in [-0.05, 0) is 24.6 Å². The molecule has 0 fully saturated rings. The van der Waals surface area contributed by atoms with Crippen LogP contribution < -0.4 is 10.6 Å². The lowest BCUT2D eigenvalue weighted by Crippen LogP contribution is -2.47. The van der Waals surface area contributed by atoms with Crippen molar-refractivity contribution in [2.75, 3.05) is 23.8 Å². The summed E-state index contributed by atoms with van der Waals surface area (Å²) in [4.78, 5) is 26.1. The summed E-state index contributed by atoms with van der Waals surface area (Å²) in [5, 5.41) is 0. The number of thioether (sulfide) groups is 1. The van der Waals surface area contributed by atoms with Gasteiger partial charge in [0.05, 0.1) is 12.6 Å². The van der Waals surface area contributed by atoms with E-state index >= 15 is 0 Å². The summed E-state index contributed by atoms with van der Waals surface area (Å²) in [5.74, 6) is 0.518. The summed E-state index contributed by atoms with van der Waals surface area (Å²) in [6.45, 7) is 1.86. The fourth-order valence-corrected chi connectivity index (χ4v) is 3.33. The molecule has 0 unspecified atom stereocenters. The second-order valence-electron chi connectivity index (χ2n) is 5.67. The minimum Gasteiger partial charge on any atom is -0.465 e. The Kier molecular flexibility index (Phi) is 8.18. The van der Waals surface area contributed by atoms with Crippen LogP contribution >= 0.6 is 11.8 Å². The third-order valence-corrected chi connectivity index (χ3v) is 4.78. The number of amides is 1. The molecule has 0 saturated heterocycles. The van der Waals surface area contributed by atoms with Crippen LogP contribution in [0.2, 0.25) is 0 Å². The maximum Gasteiger partial charge on any atom is 0.326 e. The zero-order valence-corrected chi connectivity index (χ0v) is 15.7.